The molecule has 0 aliphatic carbocycles. The summed E-state index contributed by atoms with van der Waals surface area (Å²) in [6.07, 6.45) is 8.02. The van der Waals surface area contributed by atoms with Gasteiger partial charge < -0.3 is 10.6 Å². The second kappa shape index (κ2) is 4.81. The zero-order valence-corrected chi connectivity index (χ0v) is 11.1. The van der Waals surface area contributed by atoms with Crippen LogP contribution in [0, 0.1) is 0 Å². The van der Waals surface area contributed by atoms with Crippen LogP contribution in [0.15, 0.2) is 0 Å². The van der Waals surface area contributed by atoms with Crippen LogP contribution in [0.4, 0.5) is 0 Å². The molecule has 3 aliphatic heterocycles. The Balaban J connectivity index is 1.69. The number of carbonyl (C=O) groups excluding carboxylic acids is 1. The molecule has 3 aliphatic rings. The Morgan fingerprint density at radius 2 is 1.82 bits per heavy atom. The third-order valence-electron chi connectivity index (χ3n) is 4.48. The number of thioether (sulfide) groups is 1. The van der Waals surface area contributed by atoms with Crippen LogP contribution in [0.25, 0.3) is 0 Å². The topological polar surface area (TPSA) is 46.3 Å². The van der Waals surface area contributed by atoms with E-state index in [0.29, 0.717) is 24.0 Å². The highest BCUT2D eigenvalue weighted by molar-refractivity contribution is 8.00. The maximum Gasteiger partial charge on any atom is 0.236 e. The van der Waals surface area contributed by atoms with Gasteiger partial charge in [0.2, 0.25) is 5.91 Å². The van der Waals surface area contributed by atoms with Gasteiger partial charge in [-0.1, -0.05) is 6.42 Å². The summed E-state index contributed by atoms with van der Waals surface area (Å²) in [6.45, 7) is 0. The molecule has 3 saturated heterocycles. The Kier molecular flexibility index (Phi) is 3.35. The van der Waals surface area contributed by atoms with Crippen LogP contribution < -0.4 is 5.73 Å². The van der Waals surface area contributed by atoms with E-state index in [0.717, 1.165) is 19.3 Å². The van der Waals surface area contributed by atoms with E-state index in [1.54, 1.807) is 0 Å². The number of carbonyl (C=O) groups is 1. The van der Waals surface area contributed by atoms with E-state index in [2.05, 4.69) is 4.90 Å². The van der Waals surface area contributed by atoms with Gasteiger partial charge in [0.1, 0.15) is 0 Å². The van der Waals surface area contributed by atoms with Gasteiger partial charge in [0.05, 0.1) is 5.25 Å². The van der Waals surface area contributed by atoms with Crippen LogP contribution in [0.5, 0.6) is 0 Å². The Bertz CT molecular complexity index is 290. The first-order valence-corrected chi connectivity index (χ1v) is 8.00. The molecule has 4 heteroatoms. The van der Waals surface area contributed by atoms with Crippen LogP contribution in [0.2, 0.25) is 0 Å². The molecule has 0 spiro atoms. The van der Waals surface area contributed by atoms with E-state index in [4.69, 9.17) is 5.73 Å². The normalized spacial score (nSPS) is 41.6. The summed E-state index contributed by atoms with van der Waals surface area (Å²) in [5, 5.41) is 0.251. The third kappa shape index (κ3) is 2.22. The highest BCUT2D eigenvalue weighted by Crippen LogP contribution is 2.38. The van der Waals surface area contributed by atoms with Crippen LogP contribution in [0.3, 0.4) is 0 Å². The van der Waals surface area contributed by atoms with Crippen molar-refractivity contribution in [1.29, 1.82) is 0 Å². The fourth-order valence-electron chi connectivity index (χ4n) is 3.68. The van der Waals surface area contributed by atoms with Gasteiger partial charge in [-0.05, 0) is 44.3 Å². The molecule has 17 heavy (non-hydrogen) atoms. The van der Waals surface area contributed by atoms with Gasteiger partial charge in [-0.2, -0.15) is 0 Å². The lowest BCUT2D eigenvalue weighted by Gasteiger charge is -2.40. The fourth-order valence-corrected chi connectivity index (χ4v) is 4.93. The summed E-state index contributed by atoms with van der Waals surface area (Å²) >= 11 is 1.88. The molecule has 3 atom stereocenters. The largest absolute Gasteiger partial charge is 0.336 e. The summed E-state index contributed by atoms with van der Waals surface area (Å²) in [5.74, 6) is 1.59. The molecule has 2 bridgehead atoms. The monoisotopic (exact) mass is 254 g/mol. The van der Waals surface area contributed by atoms with Crippen molar-refractivity contribution in [1.82, 2.24) is 4.90 Å². The molecule has 3 heterocycles. The zero-order chi connectivity index (χ0) is 11.8. The minimum absolute atomic E-state index is 0.251. The lowest BCUT2D eigenvalue weighted by Crippen LogP contribution is -2.52. The second-order valence-corrected chi connectivity index (χ2v) is 7.03. The van der Waals surface area contributed by atoms with Crippen LogP contribution >= 0.6 is 11.8 Å². The van der Waals surface area contributed by atoms with Gasteiger partial charge >= 0.3 is 0 Å². The standard InChI is InChI=1S/C13H22N2OS/c14-9-7-10-4-5-11(8-9)15(10)13(16)12-3-1-2-6-17-12/h9-12H,1-8,14H2. The average molecular weight is 254 g/mol. The Labute approximate surface area is 107 Å². The van der Waals surface area contributed by atoms with Crippen molar-refractivity contribution in [3.8, 4) is 0 Å². The summed E-state index contributed by atoms with van der Waals surface area (Å²) in [5.41, 5.74) is 6.05. The summed E-state index contributed by atoms with van der Waals surface area (Å²) in [6, 6.07) is 1.24. The number of rotatable bonds is 1. The van der Waals surface area contributed by atoms with Crippen LogP contribution in [-0.2, 0) is 4.79 Å². The minimum Gasteiger partial charge on any atom is -0.336 e. The van der Waals surface area contributed by atoms with E-state index < -0.39 is 0 Å². The van der Waals surface area contributed by atoms with Gasteiger partial charge in [0.15, 0.2) is 0 Å². The Morgan fingerprint density at radius 3 is 2.41 bits per heavy atom. The summed E-state index contributed by atoms with van der Waals surface area (Å²) < 4.78 is 0. The number of hydrogen-bond acceptors (Lipinski definition) is 3. The SMILES string of the molecule is NC1CC2CCC(C1)N2C(=O)C1CCCCS1. The lowest BCUT2D eigenvalue weighted by atomic mass is 9.97. The molecule has 0 saturated carbocycles. The highest BCUT2D eigenvalue weighted by Gasteiger charge is 2.44. The molecule has 1 amide bonds. The number of amides is 1. The van der Waals surface area contributed by atoms with Crippen molar-refractivity contribution in [2.45, 2.75) is 68.3 Å². The maximum absolute atomic E-state index is 12.6. The molecule has 0 aromatic rings. The number of piperidine rings is 1. The van der Waals surface area contributed by atoms with Crippen LogP contribution in [-0.4, -0.2) is 39.9 Å². The first-order valence-electron chi connectivity index (χ1n) is 6.95. The van der Waals surface area contributed by atoms with Crippen molar-refractivity contribution < 1.29 is 4.79 Å². The van der Waals surface area contributed by atoms with Gasteiger partial charge in [-0.15, -0.1) is 11.8 Å². The van der Waals surface area contributed by atoms with Gasteiger partial charge in [0, 0.05) is 18.1 Å². The van der Waals surface area contributed by atoms with Crippen molar-refractivity contribution in [3.63, 3.8) is 0 Å². The van der Waals surface area contributed by atoms with Crippen molar-refractivity contribution in [2.75, 3.05) is 5.75 Å². The van der Waals surface area contributed by atoms with Gasteiger partial charge in [0.25, 0.3) is 0 Å². The van der Waals surface area contributed by atoms with Crippen molar-refractivity contribution >= 4 is 17.7 Å². The number of nitrogens with zero attached hydrogens (tertiary/aromatic N) is 1. The molecule has 0 aromatic carbocycles. The van der Waals surface area contributed by atoms with Crippen molar-refractivity contribution in [2.24, 2.45) is 5.73 Å². The number of hydrogen-bond donors (Lipinski definition) is 1. The predicted octanol–water partition coefficient (Wildman–Crippen LogP) is 1.75. The Morgan fingerprint density at radius 1 is 1.12 bits per heavy atom. The first kappa shape index (κ1) is 11.8. The summed E-state index contributed by atoms with van der Waals surface area (Å²) in [4.78, 5) is 14.8. The molecule has 0 aromatic heterocycles. The smallest absolute Gasteiger partial charge is 0.236 e. The number of fused-ring (bicyclic) bond motifs is 2. The second-order valence-electron chi connectivity index (χ2n) is 5.72. The first-order chi connectivity index (χ1) is 8.25. The molecule has 3 fully saturated rings. The van der Waals surface area contributed by atoms with E-state index in [-0.39, 0.29) is 5.25 Å². The van der Waals surface area contributed by atoms with Crippen LogP contribution in [0.1, 0.15) is 44.9 Å². The molecule has 3 nitrogen and oxygen atoms in total. The quantitative estimate of drug-likeness (QED) is 0.775. The molecular formula is C13H22N2OS. The zero-order valence-electron chi connectivity index (χ0n) is 10.3. The predicted molar refractivity (Wildman–Crippen MR) is 71.0 cm³/mol. The number of nitrogens with two attached hydrogens (primary N) is 1. The molecule has 3 rings (SSSR count). The van der Waals surface area contributed by atoms with Gasteiger partial charge in [-0.3, -0.25) is 4.79 Å². The fraction of sp³-hybridized carbons (Fsp3) is 0.923. The molecule has 0 radical (unpaired) electrons. The maximum atomic E-state index is 12.6. The molecular weight excluding hydrogens is 232 g/mol. The van der Waals surface area contributed by atoms with E-state index in [9.17, 15) is 4.79 Å². The van der Waals surface area contributed by atoms with Crippen molar-refractivity contribution in [3.05, 3.63) is 0 Å². The lowest BCUT2D eigenvalue weighted by molar-refractivity contribution is -0.135. The molecule has 96 valence electrons. The molecule has 3 unspecified atom stereocenters. The molecule has 2 N–H and O–H groups in total. The van der Waals surface area contributed by atoms with E-state index in [1.807, 2.05) is 11.8 Å². The summed E-state index contributed by atoms with van der Waals surface area (Å²) in [7, 11) is 0. The Hall–Kier alpha value is -0.220. The van der Waals surface area contributed by atoms with E-state index >= 15 is 0 Å². The third-order valence-corrected chi connectivity index (χ3v) is 5.84. The highest BCUT2D eigenvalue weighted by atomic mass is 32.2. The minimum atomic E-state index is 0.251. The van der Waals surface area contributed by atoms with Gasteiger partial charge in [-0.25, -0.2) is 0 Å². The average Bonchev–Trinajstić information content (AvgIpc) is 2.62. The van der Waals surface area contributed by atoms with E-state index in [1.165, 1.54) is 31.4 Å².